The summed E-state index contributed by atoms with van der Waals surface area (Å²) in [4.78, 5) is 44.5. The van der Waals surface area contributed by atoms with Gasteiger partial charge in [-0.2, -0.15) is 4.31 Å². The molecule has 2 saturated heterocycles. The van der Waals surface area contributed by atoms with Crippen LogP contribution in [-0.2, 0) is 46.3 Å². The number of aliphatic hydroxyl groups is 5. The van der Waals surface area contributed by atoms with Crippen molar-refractivity contribution in [2.45, 2.75) is 135 Å². The fourth-order valence-corrected chi connectivity index (χ4v) is 7.74. The summed E-state index contributed by atoms with van der Waals surface area (Å²) in [5.41, 5.74) is 2.51. The van der Waals surface area contributed by atoms with E-state index in [1.807, 2.05) is 20.8 Å². The first-order valence-electron chi connectivity index (χ1n) is 17.0. The second kappa shape index (κ2) is 21.5. The average Bonchev–Trinajstić information content (AvgIpc) is 3.02. The SMILES string of the molecule is CC(=O)NC1C(OC2C(CO)OC(OP(=O)(O)OP(=O)(O)OCCC(C)CCC=C(C)CCC=C(C)C)C(NC(C)=O)C2O)OC(CO)C(O)C1O. The lowest BCUT2D eigenvalue weighted by Gasteiger charge is -2.48. The summed E-state index contributed by atoms with van der Waals surface area (Å²) in [6.07, 6.45) is -5.77. The predicted molar refractivity (Wildman–Crippen MR) is 183 cm³/mol. The molecule has 2 fully saturated rings. The van der Waals surface area contributed by atoms with Crippen molar-refractivity contribution < 1.29 is 81.6 Å². The van der Waals surface area contributed by atoms with Crippen molar-refractivity contribution in [2.24, 2.45) is 5.92 Å². The van der Waals surface area contributed by atoms with E-state index in [4.69, 9.17) is 23.3 Å². The van der Waals surface area contributed by atoms with Gasteiger partial charge in [-0.1, -0.05) is 30.2 Å². The van der Waals surface area contributed by atoms with Crippen LogP contribution in [0.3, 0.4) is 0 Å². The van der Waals surface area contributed by atoms with Gasteiger partial charge in [-0.15, -0.1) is 0 Å². The third-order valence-corrected chi connectivity index (χ3v) is 11.0. The first-order valence-corrected chi connectivity index (χ1v) is 19.9. The van der Waals surface area contributed by atoms with Gasteiger partial charge in [0.25, 0.3) is 0 Å². The lowest BCUT2D eigenvalue weighted by atomic mass is 9.94. The summed E-state index contributed by atoms with van der Waals surface area (Å²) in [6, 6.07) is -3.22. The summed E-state index contributed by atoms with van der Waals surface area (Å²) in [5, 5.41) is 56.4. The van der Waals surface area contributed by atoms with Crippen LogP contribution in [-0.4, -0.2) is 128 Å². The molecule has 2 aliphatic rings. The Bertz CT molecular complexity index is 1310. The molecular weight excluding hydrogens is 734 g/mol. The van der Waals surface area contributed by atoms with Crippen molar-refractivity contribution >= 4 is 27.5 Å². The summed E-state index contributed by atoms with van der Waals surface area (Å²) >= 11 is 0. The molecule has 0 aliphatic carbocycles. The molecule has 2 heterocycles. The molecule has 52 heavy (non-hydrogen) atoms. The van der Waals surface area contributed by atoms with Gasteiger partial charge in [-0.3, -0.25) is 18.6 Å². The van der Waals surface area contributed by atoms with E-state index < -0.39 is 102 Å². The van der Waals surface area contributed by atoms with E-state index in [9.17, 15) is 54.0 Å². The summed E-state index contributed by atoms with van der Waals surface area (Å²) in [5.74, 6) is -1.42. The zero-order chi connectivity index (χ0) is 39.4. The lowest BCUT2D eigenvalue weighted by Crippen LogP contribution is -2.69. The molecule has 13 unspecified atom stereocenters. The number of hydrogen-bond donors (Lipinski definition) is 9. The summed E-state index contributed by atoms with van der Waals surface area (Å²) in [6.45, 7) is 8.13. The second-order valence-electron chi connectivity index (χ2n) is 13.3. The molecule has 0 aromatic rings. The molecule has 0 radical (unpaired) electrons. The minimum atomic E-state index is -5.56. The van der Waals surface area contributed by atoms with Crippen molar-refractivity contribution in [1.29, 1.82) is 0 Å². The van der Waals surface area contributed by atoms with Gasteiger partial charge < -0.3 is 60.2 Å². The third-order valence-electron chi connectivity index (χ3n) is 8.32. The van der Waals surface area contributed by atoms with Gasteiger partial charge in [0, 0.05) is 13.8 Å². The molecular formula is C31H56N2O17P2. The van der Waals surface area contributed by atoms with Crippen molar-refractivity contribution in [3.8, 4) is 0 Å². The number of phosphoric ester groups is 2. The summed E-state index contributed by atoms with van der Waals surface area (Å²) < 4.78 is 56.6. The molecule has 2 amide bonds. The molecule has 9 N–H and O–H groups in total. The largest absolute Gasteiger partial charge is 0.483 e. The quantitative estimate of drug-likeness (QED) is 0.0604. The standard InChI is InChI=1S/C31H56N2O17P2/c1-17(2)9-7-10-18(3)11-8-12-19(4)13-14-45-51(41,42)50-52(43,44)49-31-25(33-21(6)37)28(40)29(23(16-35)47-31)48-30-24(32-20(5)36)27(39)26(38)22(15-34)46-30/h9,11,19,22-31,34-35,38-40H,7-8,10,12-16H2,1-6H3,(H,32,36)(H,33,37)(H,41,42)(H,43,44). The first kappa shape index (κ1) is 46.5. The molecule has 2 rings (SSSR count). The number of carbonyl (C=O) groups is 2. The number of ether oxygens (including phenoxy) is 3. The molecule has 0 bridgehead atoms. The maximum Gasteiger partial charge on any atom is 0.483 e. The average molecular weight is 791 g/mol. The van der Waals surface area contributed by atoms with Gasteiger partial charge in [-0.25, -0.2) is 9.13 Å². The van der Waals surface area contributed by atoms with E-state index in [0.717, 1.165) is 39.5 Å². The molecule has 2 aliphatic heterocycles. The molecule has 19 nitrogen and oxygen atoms in total. The molecule has 302 valence electrons. The first-order chi connectivity index (χ1) is 24.2. The predicted octanol–water partition coefficient (Wildman–Crippen LogP) is 0.648. The third kappa shape index (κ3) is 15.2. The van der Waals surface area contributed by atoms with Crippen LogP contribution in [0.15, 0.2) is 23.3 Å². The van der Waals surface area contributed by atoms with Crippen LogP contribution in [0, 0.1) is 5.92 Å². The Kier molecular flexibility index (Phi) is 19.2. The Hall–Kier alpha value is -1.64. The lowest BCUT2D eigenvalue weighted by molar-refractivity contribution is -0.325. The Labute approximate surface area is 303 Å². The van der Waals surface area contributed by atoms with Gasteiger partial charge >= 0.3 is 15.6 Å². The van der Waals surface area contributed by atoms with E-state index in [1.165, 1.54) is 11.1 Å². The highest BCUT2D eigenvalue weighted by molar-refractivity contribution is 7.61. The van der Waals surface area contributed by atoms with Crippen LogP contribution in [0.25, 0.3) is 0 Å². The van der Waals surface area contributed by atoms with E-state index >= 15 is 0 Å². The van der Waals surface area contributed by atoms with E-state index in [1.54, 1.807) is 0 Å². The second-order valence-corrected chi connectivity index (χ2v) is 16.3. The van der Waals surface area contributed by atoms with E-state index in [-0.39, 0.29) is 12.5 Å². The van der Waals surface area contributed by atoms with Gasteiger partial charge in [0.2, 0.25) is 11.8 Å². The minimum Gasteiger partial charge on any atom is -0.394 e. The highest BCUT2D eigenvalue weighted by Gasteiger charge is 2.53. The Morgan fingerprint density at radius 2 is 1.37 bits per heavy atom. The van der Waals surface area contributed by atoms with Crippen LogP contribution in [0.2, 0.25) is 0 Å². The van der Waals surface area contributed by atoms with Crippen LogP contribution < -0.4 is 10.6 Å². The van der Waals surface area contributed by atoms with E-state index in [0.29, 0.717) is 6.42 Å². The van der Waals surface area contributed by atoms with Crippen molar-refractivity contribution in [1.82, 2.24) is 10.6 Å². The molecule has 21 heteroatoms. The Balaban J connectivity index is 2.08. The zero-order valence-corrected chi connectivity index (χ0v) is 32.1. The zero-order valence-electron chi connectivity index (χ0n) is 30.3. The van der Waals surface area contributed by atoms with Gasteiger partial charge in [-0.05, 0) is 58.8 Å². The number of nitrogens with one attached hydrogen (secondary N) is 2. The van der Waals surface area contributed by atoms with Crippen LogP contribution in [0.5, 0.6) is 0 Å². The number of rotatable bonds is 20. The van der Waals surface area contributed by atoms with Crippen molar-refractivity contribution in [2.75, 3.05) is 19.8 Å². The topological polar surface area (TPSA) is 289 Å². The smallest absolute Gasteiger partial charge is 0.394 e. The van der Waals surface area contributed by atoms with Gasteiger partial charge in [0.15, 0.2) is 12.6 Å². The van der Waals surface area contributed by atoms with Gasteiger partial charge in [0.1, 0.15) is 48.7 Å². The molecule has 0 aromatic carbocycles. The van der Waals surface area contributed by atoms with Gasteiger partial charge in [0.05, 0.1) is 19.8 Å². The van der Waals surface area contributed by atoms with Crippen LogP contribution in [0.1, 0.15) is 73.6 Å². The number of carbonyl (C=O) groups excluding carboxylic acids is 2. The highest BCUT2D eigenvalue weighted by atomic mass is 31.3. The van der Waals surface area contributed by atoms with Crippen LogP contribution >= 0.6 is 15.6 Å². The monoisotopic (exact) mass is 790 g/mol. The molecule has 0 spiro atoms. The number of phosphoric acid groups is 2. The van der Waals surface area contributed by atoms with Crippen LogP contribution in [0.4, 0.5) is 0 Å². The number of hydrogen-bond acceptors (Lipinski definition) is 15. The molecule has 0 saturated carbocycles. The van der Waals surface area contributed by atoms with E-state index in [2.05, 4.69) is 34.0 Å². The normalized spacial score (nSPS) is 32.6. The minimum absolute atomic E-state index is 0.0653. The maximum absolute atomic E-state index is 12.9. The fourth-order valence-electron chi connectivity index (χ4n) is 5.58. The highest BCUT2D eigenvalue weighted by Crippen LogP contribution is 2.61. The fraction of sp³-hybridized carbons (Fsp3) is 0.806. The maximum atomic E-state index is 12.9. The summed E-state index contributed by atoms with van der Waals surface area (Å²) in [7, 11) is -10.8. The van der Waals surface area contributed by atoms with Crippen molar-refractivity contribution in [3.05, 3.63) is 23.3 Å². The Morgan fingerprint density at radius 1 is 0.788 bits per heavy atom. The number of allylic oxidation sites excluding steroid dienone is 4. The number of aliphatic hydroxyl groups excluding tert-OH is 5. The van der Waals surface area contributed by atoms with Crippen molar-refractivity contribution in [3.63, 3.8) is 0 Å². The Morgan fingerprint density at radius 3 is 1.92 bits per heavy atom. The number of amides is 2. The molecule has 0 aromatic heterocycles. The molecule has 13 atom stereocenters.